The molecule has 114 valence electrons. The van der Waals surface area contributed by atoms with Gasteiger partial charge in [-0.1, -0.05) is 0 Å². The molecule has 6 nitrogen and oxygen atoms in total. The predicted octanol–water partition coefficient (Wildman–Crippen LogP) is 1.11. The van der Waals surface area contributed by atoms with Crippen LogP contribution < -0.4 is 5.32 Å². The topological polar surface area (TPSA) is 71.8 Å². The maximum Gasteiger partial charge on any atom is 0.246 e. The van der Waals surface area contributed by atoms with E-state index in [0.29, 0.717) is 44.2 Å². The first-order chi connectivity index (χ1) is 9.45. The van der Waals surface area contributed by atoms with Crippen molar-refractivity contribution in [1.29, 1.82) is 0 Å². The van der Waals surface area contributed by atoms with Crippen LogP contribution in [-0.2, 0) is 21.3 Å². The molecule has 0 aliphatic carbocycles. The smallest absolute Gasteiger partial charge is 0.246 e. The van der Waals surface area contributed by atoms with Crippen molar-refractivity contribution in [2.75, 3.05) is 26.7 Å². The molecule has 1 aromatic heterocycles. The standard InChI is InChI=1S/C13H22N2O4S/c1-10-9-15(5-4-6-18-10)20(16,17)13-7-12(8-14-3)19-11(13)2/h7,10,14H,4-6,8-9H2,1-3H3. The highest BCUT2D eigenvalue weighted by molar-refractivity contribution is 7.89. The maximum absolute atomic E-state index is 12.7. The lowest BCUT2D eigenvalue weighted by molar-refractivity contribution is 0.0752. The van der Waals surface area contributed by atoms with Gasteiger partial charge in [0, 0.05) is 25.8 Å². The van der Waals surface area contributed by atoms with Crippen LogP contribution in [0.4, 0.5) is 0 Å². The zero-order valence-corrected chi connectivity index (χ0v) is 13.0. The largest absolute Gasteiger partial charge is 0.464 e. The molecule has 2 heterocycles. The Bertz CT molecular complexity index is 553. The Morgan fingerprint density at radius 3 is 2.95 bits per heavy atom. The first-order valence-electron chi connectivity index (χ1n) is 6.81. The van der Waals surface area contributed by atoms with Gasteiger partial charge < -0.3 is 14.5 Å². The van der Waals surface area contributed by atoms with E-state index in [9.17, 15) is 8.42 Å². The molecular weight excluding hydrogens is 280 g/mol. The second-order valence-electron chi connectivity index (χ2n) is 5.06. The van der Waals surface area contributed by atoms with Crippen molar-refractivity contribution in [3.63, 3.8) is 0 Å². The molecule has 0 amide bonds. The van der Waals surface area contributed by atoms with Crippen molar-refractivity contribution in [1.82, 2.24) is 9.62 Å². The highest BCUT2D eigenvalue weighted by atomic mass is 32.2. The summed E-state index contributed by atoms with van der Waals surface area (Å²) in [6, 6.07) is 1.61. The van der Waals surface area contributed by atoms with E-state index in [1.54, 1.807) is 20.0 Å². The fourth-order valence-corrected chi connectivity index (χ4v) is 4.09. The fraction of sp³-hybridized carbons (Fsp3) is 0.692. The summed E-state index contributed by atoms with van der Waals surface area (Å²) in [6.07, 6.45) is 0.625. The van der Waals surface area contributed by atoms with Crippen molar-refractivity contribution in [3.8, 4) is 0 Å². The summed E-state index contributed by atoms with van der Waals surface area (Å²) < 4.78 is 37.9. The van der Waals surface area contributed by atoms with Gasteiger partial charge in [-0.3, -0.25) is 0 Å². The Labute approximate surface area is 120 Å². The lowest BCUT2D eigenvalue weighted by atomic mass is 10.4. The molecule has 1 N–H and O–H groups in total. The molecule has 1 aromatic rings. The quantitative estimate of drug-likeness (QED) is 0.902. The van der Waals surface area contributed by atoms with E-state index < -0.39 is 10.0 Å². The maximum atomic E-state index is 12.7. The van der Waals surface area contributed by atoms with Crippen LogP contribution in [0.5, 0.6) is 0 Å². The van der Waals surface area contributed by atoms with Crippen LogP contribution >= 0.6 is 0 Å². The predicted molar refractivity (Wildman–Crippen MR) is 75.0 cm³/mol. The minimum Gasteiger partial charge on any atom is -0.464 e. The van der Waals surface area contributed by atoms with Crippen molar-refractivity contribution < 1.29 is 17.6 Å². The molecular formula is C13H22N2O4S. The van der Waals surface area contributed by atoms with E-state index in [2.05, 4.69) is 5.32 Å². The van der Waals surface area contributed by atoms with Crippen molar-refractivity contribution in [3.05, 3.63) is 17.6 Å². The van der Waals surface area contributed by atoms with Crippen LogP contribution in [0.1, 0.15) is 24.9 Å². The highest BCUT2D eigenvalue weighted by Gasteiger charge is 2.31. The summed E-state index contributed by atoms with van der Waals surface area (Å²) in [4.78, 5) is 0.261. The SMILES string of the molecule is CNCc1cc(S(=O)(=O)N2CCCOC(C)C2)c(C)o1. The summed E-state index contributed by atoms with van der Waals surface area (Å²) in [6.45, 7) is 5.55. The first kappa shape index (κ1) is 15.5. The number of rotatable bonds is 4. The molecule has 0 aromatic carbocycles. The van der Waals surface area contributed by atoms with Gasteiger partial charge in [0.15, 0.2) is 0 Å². The molecule has 0 radical (unpaired) electrons. The molecule has 2 rings (SSSR count). The van der Waals surface area contributed by atoms with Crippen LogP contribution in [0, 0.1) is 6.92 Å². The number of furan rings is 1. The van der Waals surface area contributed by atoms with Gasteiger partial charge in [0.05, 0.1) is 12.6 Å². The zero-order chi connectivity index (χ0) is 14.8. The zero-order valence-electron chi connectivity index (χ0n) is 12.2. The van der Waals surface area contributed by atoms with Gasteiger partial charge in [0.2, 0.25) is 10.0 Å². The van der Waals surface area contributed by atoms with Gasteiger partial charge >= 0.3 is 0 Å². The van der Waals surface area contributed by atoms with Gasteiger partial charge in [-0.05, 0) is 27.3 Å². The molecule has 0 spiro atoms. The molecule has 20 heavy (non-hydrogen) atoms. The summed E-state index contributed by atoms with van der Waals surface area (Å²) in [7, 11) is -1.72. The normalized spacial score (nSPS) is 21.9. The number of ether oxygens (including phenoxy) is 1. The molecule has 0 bridgehead atoms. The first-order valence-corrected chi connectivity index (χ1v) is 8.25. The van der Waals surface area contributed by atoms with E-state index in [-0.39, 0.29) is 11.0 Å². The van der Waals surface area contributed by atoms with Crippen LogP contribution in [0.3, 0.4) is 0 Å². The van der Waals surface area contributed by atoms with Gasteiger partial charge in [0.25, 0.3) is 0 Å². The number of nitrogens with zero attached hydrogens (tertiary/aromatic N) is 1. The van der Waals surface area contributed by atoms with E-state index in [1.165, 1.54) is 4.31 Å². The second-order valence-corrected chi connectivity index (χ2v) is 6.97. The minimum absolute atomic E-state index is 0.0868. The summed E-state index contributed by atoms with van der Waals surface area (Å²) in [5, 5.41) is 2.95. The number of nitrogens with one attached hydrogen (secondary N) is 1. The Morgan fingerprint density at radius 1 is 1.50 bits per heavy atom. The Balaban J connectivity index is 2.29. The lowest BCUT2D eigenvalue weighted by Gasteiger charge is -2.21. The fourth-order valence-electron chi connectivity index (χ4n) is 2.36. The molecule has 1 aliphatic heterocycles. The molecule has 1 aliphatic rings. The van der Waals surface area contributed by atoms with E-state index in [0.717, 1.165) is 0 Å². The minimum atomic E-state index is -3.51. The second kappa shape index (κ2) is 6.26. The highest BCUT2D eigenvalue weighted by Crippen LogP contribution is 2.25. The van der Waals surface area contributed by atoms with Crippen molar-refractivity contribution >= 4 is 10.0 Å². The molecule has 0 saturated carbocycles. The molecule has 1 atom stereocenters. The Kier molecular flexibility index (Phi) is 4.85. The van der Waals surface area contributed by atoms with Crippen LogP contribution in [0.25, 0.3) is 0 Å². The van der Waals surface area contributed by atoms with Gasteiger partial charge in [0.1, 0.15) is 16.4 Å². The molecule has 1 saturated heterocycles. The summed E-state index contributed by atoms with van der Waals surface area (Å²) >= 11 is 0. The third-order valence-corrected chi connectivity index (χ3v) is 5.28. The monoisotopic (exact) mass is 302 g/mol. The number of aryl methyl sites for hydroxylation is 1. The van der Waals surface area contributed by atoms with Crippen LogP contribution in [-0.4, -0.2) is 45.6 Å². The molecule has 7 heteroatoms. The Hall–Kier alpha value is -0.890. The summed E-state index contributed by atoms with van der Waals surface area (Å²) in [5.41, 5.74) is 0. The van der Waals surface area contributed by atoms with E-state index in [1.807, 2.05) is 6.92 Å². The number of sulfonamides is 1. The van der Waals surface area contributed by atoms with Gasteiger partial charge in [-0.2, -0.15) is 4.31 Å². The van der Waals surface area contributed by atoms with Gasteiger partial charge in [-0.15, -0.1) is 0 Å². The average molecular weight is 302 g/mol. The van der Waals surface area contributed by atoms with E-state index >= 15 is 0 Å². The van der Waals surface area contributed by atoms with Crippen LogP contribution in [0.15, 0.2) is 15.4 Å². The Morgan fingerprint density at radius 2 is 2.25 bits per heavy atom. The van der Waals surface area contributed by atoms with Crippen molar-refractivity contribution in [2.24, 2.45) is 0 Å². The van der Waals surface area contributed by atoms with E-state index in [4.69, 9.17) is 9.15 Å². The lowest BCUT2D eigenvalue weighted by Crippen LogP contribution is -2.36. The number of hydrogen-bond acceptors (Lipinski definition) is 5. The summed E-state index contributed by atoms with van der Waals surface area (Å²) in [5.74, 6) is 1.07. The van der Waals surface area contributed by atoms with Gasteiger partial charge in [-0.25, -0.2) is 8.42 Å². The number of hydrogen-bond donors (Lipinski definition) is 1. The van der Waals surface area contributed by atoms with Crippen molar-refractivity contribution in [2.45, 2.75) is 37.8 Å². The third-order valence-electron chi connectivity index (χ3n) is 3.31. The average Bonchev–Trinajstić information content (AvgIpc) is 2.60. The molecule has 1 fully saturated rings. The molecule has 1 unspecified atom stereocenters. The third kappa shape index (κ3) is 3.22. The van der Waals surface area contributed by atoms with Crippen LogP contribution in [0.2, 0.25) is 0 Å².